The molecule has 0 saturated heterocycles. The van der Waals surface area contributed by atoms with Crippen LogP contribution in [-0.4, -0.2) is 28.9 Å². The second kappa shape index (κ2) is 6.64. The molecule has 4 nitrogen and oxygen atoms in total. The number of carbonyl (C=O) groups excluding carboxylic acids is 1. The Bertz CT molecular complexity index is 623. The second-order valence-electron chi connectivity index (χ2n) is 4.71. The quantitative estimate of drug-likeness (QED) is 0.857. The van der Waals surface area contributed by atoms with Crippen LogP contribution < -0.4 is 0 Å². The predicted octanol–water partition coefficient (Wildman–Crippen LogP) is 3.67. The molecule has 1 atom stereocenters. The van der Waals surface area contributed by atoms with E-state index in [0.717, 1.165) is 0 Å². The summed E-state index contributed by atoms with van der Waals surface area (Å²) in [6, 6.07) is 9.57. The molecule has 7 heteroatoms. The molecule has 0 spiro atoms. The first-order chi connectivity index (χ1) is 10.4. The average molecular weight is 312 g/mol. The maximum Gasteiger partial charge on any atom is 0.390 e. The number of H-pyrrole nitrogens is 1. The topological polar surface area (TPSA) is 55.0 Å². The summed E-state index contributed by atoms with van der Waals surface area (Å²) >= 11 is 0. The molecule has 0 bridgehead atoms. The number of hydrogen-bond acceptors (Lipinski definition) is 3. The Hall–Kier alpha value is -2.31. The van der Waals surface area contributed by atoms with Crippen LogP contribution in [0, 0.1) is 0 Å². The number of carbonyl (C=O) groups is 1. The largest absolute Gasteiger partial charge is 0.461 e. The van der Waals surface area contributed by atoms with Crippen LogP contribution in [-0.2, 0) is 4.74 Å². The molecule has 1 unspecified atom stereocenters. The fourth-order valence-corrected chi connectivity index (χ4v) is 2.14. The zero-order valence-corrected chi connectivity index (χ0v) is 11.9. The summed E-state index contributed by atoms with van der Waals surface area (Å²) in [4.78, 5) is 11.6. The summed E-state index contributed by atoms with van der Waals surface area (Å²) < 4.78 is 43.3. The molecular formula is C15H15F3N2O2. The number of nitrogens with one attached hydrogen (secondary N) is 1. The zero-order valence-electron chi connectivity index (χ0n) is 11.9. The molecule has 1 aromatic heterocycles. The van der Waals surface area contributed by atoms with Gasteiger partial charge in [-0.3, -0.25) is 5.10 Å². The van der Waals surface area contributed by atoms with Crippen molar-refractivity contribution in [2.75, 3.05) is 6.61 Å². The van der Waals surface area contributed by atoms with Crippen LogP contribution in [0.1, 0.15) is 41.0 Å². The van der Waals surface area contributed by atoms with Crippen LogP contribution in [0.4, 0.5) is 13.2 Å². The maximum atomic E-state index is 12.8. The fourth-order valence-electron chi connectivity index (χ4n) is 2.14. The van der Waals surface area contributed by atoms with Gasteiger partial charge in [0.15, 0.2) is 0 Å². The molecular weight excluding hydrogens is 297 g/mol. The standard InChI is InChI=1S/C15H15F3N2O2/c1-2-22-14(21)13-8-12(19-20-13)11(9-15(16,17)18)10-6-4-3-5-7-10/h3-8,11H,2,9H2,1H3,(H,19,20). The normalized spacial score (nSPS) is 12.9. The molecule has 1 aromatic carbocycles. The highest BCUT2D eigenvalue weighted by Gasteiger charge is 2.34. The van der Waals surface area contributed by atoms with Crippen molar-refractivity contribution >= 4 is 5.97 Å². The van der Waals surface area contributed by atoms with Gasteiger partial charge in [-0.15, -0.1) is 0 Å². The Morgan fingerprint density at radius 1 is 1.32 bits per heavy atom. The summed E-state index contributed by atoms with van der Waals surface area (Å²) in [6.07, 6.45) is -5.40. The van der Waals surface area contributed by atoms with E-state index >= 15 is 0 Å². The van der Waals surface area contributed by atoms with E-state index in [2.05, 4.69) is 10.2 Å². The van der Waals surface area contributed by atoms with Gasteiger partial charge >= 0.3 is 12.1 Å². The van der Waals surface area contributed by atoms with Gasteiger partial charge in [0.1, 0.15) is 5.69 Å². The minimum atomic E-state index is -4.34. The van der Waals surface area contributed by atoms with Gasteiger partial charge in [0.25, 0.3) is 0 Å². The summed E-state index contributed by atoms with van der Waals surface area (Å²) in [7, 11) is 0. The number of ether oxygens (including phenoxy) is 1. The van der Waals surface area contributed by atoms with Crippen molar-refractivity contribution in [1.29, 1.82) is 0 Å². The van der Waals surface area contributed by atoms with Gasteiger partial charge in [-0.05, 0) is 18.6 Å². The van der Waals surface area contributed by atoms with Crippen molar-refractivity contribution in [2.45, 2.75) is 25.4 Å². The lowest BCUT2D eigenvalue weighted by molar-refractivity contribution is -0.137. The molecule has 0 aliphatic rings. The number of nitrogens with zero attached hydrogens (tertiary/aromatic N) is 1. The van der Waals surface area contributed by atoms with Crippen molar-refractivity contribution < 1.29 is 22.7 Å². The molecule has 0 aliphatic heterocycles. The van der Waals surface area contributed by atoms with E-state index in [1.165, 1.54) is 6.07 Å². The molecule has 0 aliphatic carbocycles. The SMILES string of the molecule is CCOC(=O)c1cc(C(CC(F)(F)F)c2ccccc2)n[nH]1. The van der Waals surface area contributed by atoms with Crippen molar-refractivity contribution in [3.63, 3.8) is 0 Å². The Morgan fingerprint density at radius 3 is 2.59 bits per heavy atom. The van der Waals surface area contributed by atoms with Gasteiger partial charge in [0, 0.05) is 5.92 Å². The van der Waals surface area contributed by atoms with E-state index in [1.807, 2.05) is 0 Å². The van der Waals surface area contributed by atoms with Gasteiger partial charge in [-0.1, -0.05) is 30.3 Å². The molecule has 1 heterocycles. The Kier molecular flexibility index (Phi) is 4.85. The van der Waals surface area contributed by atoms with Crippen LogP contribution in [0.5, 0.6) is 0 Å². The highest BCUT2D eigenvalue weighted by Crippen LogP contribution is 2.35. The zero-order chi connectivity index (χ0) is 16.2. The summed E-state index contributed by atoms with van der Waals surface area (Å²) in [6.45, 7) is 1.82. The number of aromatic amines is 1. The minimum absolute atomic E-state index is 0.0416. The summed E-state index contributed by atoms with van der Waals surface area (Å²) in [5.74, 6) is -1.61. The van der Waals surface area contributed by atoms with E-state index < -0.39 is 24.5 Å². The summed E-state index contributed by atoms with van der Waals surface area (Å²) in [5, 5.41) is 6.29. The van der Waals surface area contributed by atoms with Crippen molar-refractivity contribution in [3.8, 4) is 0 Å². The van der Waals surface area contributed by atoms with Gasteiger partial charge in [0.2, 0.25) is 0 Å². The van der Waals surface area contributed by atoms with Crippen LogP contribution >= 0.6 is 0 Å². The third-order valence-corrected chi connectivity index (χ3v) is 3.09. The van der Waals surface area contributed by atoms with Crippen molar-refractivity contribution in [3.05, 3.63) is 53.3 Å². The highest BCUT2D eigenvalue weighted by molar-refractivity contribution is 5.87. The third-order valence-electron chi connectivity index (χ3n) is 3.09. The molecule has 2 rings (SSSR count). The smallest absolute Gasteiger partial charge is 0.390 e. The molecule has 0 saturated carbocycles. The first-order valence-corrected chi connectivity index (χ1v) is 6.75. The van der Waals surface area contributed by atoms with E-state index in [1.54, 1.807) is 37.3 Å². The van der Waals surface area contributed by atoms with Gasteiger partial charge in [0.05, 0.1) is 18.7 Å². The van der Waals surface area contributed by atoms with Crippen LogP contribution in [0.25, 0.3) is 0 Å². The number of rotatable bonds is 5. The lowest BCUT2D eigenvalue weighted by Crippen LogP contribution is -2.15. The second-order valence-corrected chi connectivity index (χ2v) is 4.71. The molecule has 22 heavy (non-hydrogen) atoms. The maximum absolute atomic E-state index is 12.8. The van der Waals surface area contributed by atoms with Crippen molar-refractivity contribution in [2.24, 2.45) is 0 Å². The van der Waals surface area contributed by atoms with Crippen molar-refractivity contribution in [1.82, 2.24) is 10.2 Å². The number of benzene rings is 1. The monoisotopic (exact) mass is 312 g/mol. The first-order valence-electron chi connectivity index (χ1n) is 6.75. The fraction of sp³-hybridized carbons (Fsp3) is 0.333. The molecule has 0 amide bonds. The number of hydrogen-bond donors (Lipinski definition) is 1. The number of halogens is 3. The molecule has 0 radical (unpaired) electrons. The first kappa shape index (κ1) is 16.1. The van der Waals surface area contributed by atoms with E-state index in [-0.39, 0.29) is 18.0 Å². The molecule has 118 valence electrons. The van der Waals surface area contributed by atoms with Gasteiger partial charge in [-0.25, -0.2) is 4.79 Å². The van der Waals surface area contributed by atoms with E-state index in [9.17, 15) is 18.0 Å². The van der Waals surface area contributed by atoms with Crippen LogP contribution in [0.15, 0.2) is 36.4 Å². The average Bonchev–Trinajstić information content (AvgIpc) is 2.95. The van der Waals surface area contributed by atoms with Gasteiger partial charge < -0.3 is 4.74 Å². The van der Waals surface area contributed by atoms with E-state index in [4.69, 9.17) is 4.74 Å². The Morgan fingerprint density at radius 2 is 2.00 bits per heavy atom. The molecule has 2 aromatic rings. The number of alkyl halides is 3. The molecule has 1 N–H and O–H groups in total. The molecule has 0 fully saturated rings. The summed E-state index contributed by atoms with van der Waals surface area (Å²) in [5.41, 5.74) is 0.688. The Balaban J connectivity index is 2.32. The van der Waals surface area contributed by atoms with Crippen LogP contribution in [0.2, 0.25) is 0 Å². The lowest BCUT2D eigenvalue weighted by atomic mass is 9.92. The number of aromatic nitrogens is 2. The van der Waals surface area contributed by atoms with Gasteiger partial charge in [-0.2, -0.15) is 18.3 Å². The Labute approximate surface area is 125 Å². The minimum Gasteiger partial charge on any atom is -0.461 e. The number of esters is 1. The predicted molar refractivity (Wildman–Crippen MR) is 73.5 cm³/mol. The highest BCUT2D eigenvalue weighted by atomic mass is 19.4. The lowest BCUT2D eigenvalue weighted by Gasteiger charge is -2.17. The third kappa shape index (κ3) is 4.09. The van der Waals surface area contributed by atoms with Crippen LogP contribution in [0.3, 0.4) is 0 Å². The van der Waals surface area contributed by atoms with E-state index in [0.29, 0.717) is 5.56 Å².